The van der Waals surface area contributed by atoms with Gasteiger partial charge in [-0.3, -0.25) is 9.97 Å². The first-order valence-corrected chi connectivity index (χ1v) is 12.3. The summed E-state index contributed by atoms with van der Waals surface area (Å²) < 4.78 is 0. The first-order chi connectivity index (χ1) is 18.5. The first kappa shape index (κ1) is 26.1. The zero-order valence-corrected chi connectivity index (χ0v) is 21.5. The van der Waals surface area contributed by atoms with Gasteiger partial charge in [0, 0.05) is 46.7 Å². The first-order valence-electron chi connectivity index (χ1n) is 12.3. The summed E-state index contributed by atoms with van der Waals surface area (Å²) in [6, 6.07) is 19.8. The molecule has 0 spiro atoms. The van der Waals surface area contributed by atoms with E-state index in [4.69, 9.17) is 0 Å². The summed E-state index contributed by atoms with van der Waals surface area (Å²) >= 11 is 0. The van der Waals surface area contributed by atoms with Crippen LogP contribution in [0.3, 0.4) is 0 Å². The minimum Gasteiger partial charge on any atom is -0.361 e. The van der Waals surface area contributed by atoms with E-state index in [1.807, 2.05) is 60.8 Å². The van der Waals surface area contributed by atoms with Crippen LogP contribution in [0, 0.1) is 5.92 Å². The quantitative estimate of drug-likeness (QED) is 0.212. The second-order valence-electron chi connectivity index (χ2n) is 8.79. The number of nitrogens with one attached hydrogen (secondary N) is 1. The zero-order chi connectivity index (χ0) is 27.1. The number of pyridine rings is 2. The number of rotatable bonds is 11. The maximum Gasteiger partial charge on any atom is 0.0777 e. The van der Waals surface area contributed by atoms with E-state index >= 15 is 0 Å². The topological polar surface area (TPSA) is 41.6 Å². The van der Waals surface area contributed by atoms with Crippen molar-refractivity contribution >= 4 is 27.6 Å². The van der Waals surface area contributed by atoms with E-state index in [-0.39, 0.29) is 5.92 Å². The SMILES string of the molecule is C=C/C=C(C(=C)C(=C)c1ccccn1)/C(=C/C=C)C(C(=C)c1ccc[nH]1)C(=C)c1cccc2cccnc12. The molecule has 3 heteroatoms. The molecule has 0 saturated heterocycles. The number of fused-ring (bicyclic) bond motifs is 1. The number of para-hydroxylation sites is 1. The predicted molar refractivity (Wildman–Crippen MR) is 163 cm³/mol. The Morgan fingerprint density at radius 1 is 0.763 bits per heavy atom. The number of allylic oxidation sites excluding steroid dienone is 10. The van der Waals surface area contributed by atoms with Crippen LogP contribution in [0.1, 0.15) is 17.0 Å². The lowest BCUT2D eigenvalue weighted by Crippen LogP contribution is -2.13. The van der Waals surface area contributed by atoms with Crippen LogP contribution in [0.5, 0.6) is 0 Å². The van der Waals surface area contributed by atoms with Crippen LogP contribution < -0.4 is 0 Å². The Morgan fingerprint density at radius 3 is 2.21 bits per heavy atom. The smallest absolute Gasteiger partial charge is 0.0777 e. The summed E-state index contributed by atoms with van der Waals surface area (Å²) in [6.45, 7) is 25.9. The molecule has 0 fully saturated rings. The minimum atomic E-state index is -0.335. The molecule has 0 bridgehead atoms. The molecule has 3 heterocycles. The van der Waals surface area contributed by atoms with Gasteiger partial charge < -0.3 is 4.98 Å². The van der Waals surface area contributed by atoms with Crippen LogP contribution in [0.2, 0.25) is 0 Å². The van der Waals surface area contributed by atoms with Crippen molar-refractivity contribution in [3.05, 3.63) is 177 Å². The average molecular weight is 494 g/mol. The molecule has 4 rings (SSSR count). The van der Waals surface area contributed by atoms with Crippen LogP contribution in [0.4, 0.5) is 0 Å². The molecule has 1 atom stereocenters. The number of nitrogens with zero attached hydrogens (tertiary/aromatic N) is 2. The second-order valence-corrected chi connectivity index (χ2v) is 8.79. The van der Waals surface area contributed by atoms with E-state index in [1.54, 1.807) is 24.5 Å². The van der Waals surface area contributed by atoms with E-state index in [0.717, 1.165) is 61.3 Å². The van der Waals surface area contributed by atoms with Crippen molar-refractivity contribution in [1.29, 1.82) is 0 Å². The normalized spacial score (nSPS) is 12.5. The van der Waals surface area contributed by atoms with Crippen molar-refractivity contribution in [2.75, 3.05) is 0 Å². The van der Waals surface area contributed by atoms with Crippen molar-refractivity contribution in [3.63, 3.8) is 0 Å². The third-order valence-electron chi connectivity index (χ3n) is 6.49. The fourth-order valence-corrected chi connectivity index (χ4v) is 4.61. The second kappa shape index (κ2) is 11.8. The van der Waals surface area contributed by atoms with Crippen LogP contribution in [0.25, 0.3) is 27.6 Å². The average Bonchev–Trinajstić information content (AvgIpc) is 3.50. The van der Waals surface area contributed by atoms with E-state index in [9.17, 15) is 0 Å². The number of H-pyrrole nitrogens is 1. The lowest BCUT2D eigenvalue weighted by molar-refractivity contribution is 1.02. The van der Waals surface area contributed by atoms with Gasteiger partial charge in [0.1, 0.15) is 0 Å². The maximum absolute atomic E-state index is 4.69. The standard InChI is InChI=1S/C35H31N3/c1-7-14-29(24(3)25(4)32-19-9-10-21-36-32)31(15-8-2)34(27(6)33-20-13-22-37-33)26(5)30-18-11-16-28-17-12-23-38-35(28)30/h7-23,34,37H,1-6H2/b29-14+,31-15-. The van der Waals surface area contributed by atoms with Gasteiger partial charge in [-0.15, -0.1) is 0 Å². The Balaban J connectivity index is 1.90. The minimum absolute atomic E-state index is 0.335. The molecule has 0 aliphatic heterocycles. The summed E-state index contributed by atoms with van der Waals surface area (Å²) in [5.74, 6) is -0.335. The summed E-state index contributed by atoms with van der Waals surface area (Å²) in [4.78, 5) is 12.5. The van der Waals surface area contributed by atoms with Gasteiger partial charge in [0.15, 0.2) is 0 Å². The van der Waals surface area contributed by atoms with Gasteiger partial charge in [0.25, 0.3) is 0 Å². The molecule has 4 aromatic rings. The Hall–Kier alpha value is -5.02. The number of aromatic amines is 1. The molecule has 0 amide bonds. The summed E-state index contributed by atoms with van der Waals surface area (Å²) in [5, 5.41) is 1.04. The highest BCUT2D eigenvalue weighted by Crippen LogP contribution is 2.44. The summed E-state index contributed by atoms with van der Waals surface area (Å²) in [5.41, 5.74) is 8.41. The molecule has 3 aromatic heterocycles. The van der Waals surface area contributed by atoms with Gasteiger partial charge >= 0.3 is 0 Å². The molecule has 38 heavy (non-hydrogen) atoms. The Kier molecular flexibility index (Phi) is 8.10. The molecule has 186 valence electrons. The number of benzene rings is 1. The van der Waals surface area contributed by atoms with Crippen LogP contribution in [-0.4, -0.2) is 15.0 Å². The van der Waals surface area contributed by atoms with Crippen molar-refractivity contribution in [2.24, 2.45) is 5.92 Å². The Bertz CT molecular complexity index is 1590. The van der Waals surface area contributed by atoms with Gasteiger partial charge in [0.05, 0.1) is 11.2 Å². The molecular weight excluding hydrogens is 462 g/mol. The highest BCUT2D eigenvalue weighted by atomic mass is 14.7. The van der Waals surface area contributed by atoms with Gasteiger partial charge in [0.2, 0.25) is 0 Å². The van der Waals surface area contributed by atoms with Gasteiger partial charge in [-0.2, -0.15) is 0 Å². The monoisotopic (exact) mass is 493 g/mol. The van der Waals surface area contributed by atoms with E-state index < -0.39 is 0 Å². The van der Waals surface area contributed by atoms with Crippen molar-refractivity contribution in [3.8, 4) is 0 Å². The van der Waals surface area contributed by atoms with Crippen molar-refractivity contribution in [1.82, 2.24) is 15.0 Å². The molecule has 0 radical (unpaired) electrons. The van der Waals surface area contributed by atoms with E-state index in [2.05, 4.69) is 72.6 Å². The lowest BCUT2D eigenvalue weighted by atomic mass is 9.75. The van der Waals surface area contributed by atoms with Crippen molar-refractivity contribution in [2.45, 2.75) is 0 Å². The molecule has 3 nitrogen and oxygen atoms in total. The lowest BCUT2D eigenvalue weighted by Gasteiger charge is -2.28. The summed E-state index contributed by atoms with van der Waals surface area (Å²) in [6.07, 6.45) is 12.9. The Morgan fingerprint density at radius 2 is 1.53 bits per heavy atom. The van der Waals surface area contributed by atoms with Gasteiger partial charge in [-0.1, -0.05) is 94.1 Å². The maximum atomic E-state index is 4.69. The molecule has 0 aliphatic carbocycles. The molecular formula is C35H31N3. The van der Waals surface area contributed by atoms with Crippen molar-refractivity contribution < 1.29 is 0 Å². The summed E-state index contributed by atoms with van der Waals surface area (Å²) in [7, 11) is 0. The molecule has 1 unspecified atom stereocenters. The number of aromatic nitrogens is 3. The van der Waals surface area contributed by atoms with Gasteiger partial charge in [-0.05, 0) is 58.2 Å². The highest BCUT2D eigenvalue weighted by Gasteiger charge is 2.28. The Labute approximate surface area is 225 Å². The molecule has 1 aromatic carbocycles. The van der Waals surface area contributed by atoms with E-state index in [0.29, 0.717) is 0 Å². The number of hydrogen-bond acceptors (Lipinski definition) is 2. The fraction of sp³-hybridized carbons (Fsp3) is 0.0286. The molecule has 0 aliphatic rings. The predicted octanol–water partition coefficient (Wildman–Crippen LogP) is 8.80. The van der Waals surface area contributed by atoms with Gasteiger partial charge in [-0.25, -0.2) is 0 Å². The fourth-order valence-electron chi connectivity index (χ4n) is 4.61. The van der Waals surface area contributed by atoms with Crippen LogP contribution in [-0.2, 0) is 0 Å². The molecule has 0 saturated carbocycles. The largest absolute Gasteiger partial charge is 0.361 e. The third kappa shape index (κ3) is 5.23. The zero-order valence-electron chi connectivity index (χ0n) is 21.5. The third-order valence-corrected chi connectivity index (χ3v) is 6.49. The van der Waals surface area contributed by atoms with Crippen LogP contribution in [0.15, 0.2) is 160 Å². The van der Waals surface area contributed by atoms with Crippen LogP contribution >= 0.6 is 0 Å². The number of hydrogen-bond donors (Lipinski definition) is 1. The molecule has 1 N–H and O–H groups in total. The van der Waals surface area contributed by atoms with E-state index in [1.165, 1.54) is 0 Å². The highest BCUT2D eigenvalue weighted by molar-refractivity contribution is 5.96.